The number of aromatic nitrogens is 1. The fourth-order valence-electron chi connectivity index (χ4n) is 8.10. The molecule has 1 aromatic heterocycles. The molecule has 5 unspecified atom stereocenters. The van der Waals surface area contributed by atoms with Gasteiger partial charge in [0.25, 0.3) is 0 Å². The van der Waals surface area contributed by atoms with Gasteiger partial charge in [-0.15, -0.1) is 0 Å². The van der Waals surface area contributed by atoms with E-state index in [0.29, 0.717) is 12.0 Å². The quantitative estimate of drug-likeness (QED) is 0.549. The third kappa shape index (κ3) is 2.61. The molecule has 3 nitrogen and oxygen atoms in total. The molecular formula is C30H34N2O. The van der Waals surface area contributed by atoms with Crippen molar-refractivity contribution in [3.8, 4) is 0 Å². The van der Waals surface area contributed by atoms with Gasteiger partial charge >= 0.3 is 0 Å². The highest BCUT2D eigenvalue weighted by molar-refractivity contribution is 5.87. The van der Waals surface area contributed by atoms with Crippen molar-refractivity contribution in [3.63, 3.8) is 0 Å². The summed E-state index contributed by atoms with van der Waals surface area (Å²) in [5.74, 6) is 0.515. The monoisotopic (exact) mass is 438 g/mol. The second-order valence-corrected chi connectivity index (χ2v) is 11.6. The Morgan fingerprint density at radius 2 is 2.00 bits per heavy atom. The molecule has 0 radical (unpaired) electrons. The highest BCUT2D eigenvalue weighted by Crippen LogP contribution is 2.67. The van der Waals surface area contributed by atoms with Crippen molar-refractivity contribution in [2.24, 2.45) is 11.3 Å². The smallest absolute Gasteiger partial charge is 0.0980 e. The van der Waals surface area contributed by atoms with E-state index < -0.39 is 0 Å². The van der Waals surface area contributed by atoms with Gasteiger partial charge < -0.3 is 9.64 Å². The Labute approximate surface area is 197 Å². The number of ether oxygens (including phenoxy) is 1. The zero-order valence-corrected chi connectivity index (χ0v) is 20.1. The van der Waals surface area contributed by atoms with E-state index in [0.717, 1.165) is 19.3 Å². The van der Waals surface area contributed by atoms with Crippen molar-refractivity contribution in [2.45, 2.75) is 69.1 Å². The van der Waals surface area contributed by atoms with Crippen LogP contribution in [-0.4, -0.2) is 41.2 Å². The normalized spacial score (nSPS) is 39.0. The standard InChI is InChI=1S/C30H34N2O/c1-28-12-10-24-17-23-6-7-25(32(2)3)18-29(23)13-14-30(24,33-29)27(28)9-8-26(28)21-5-4-20-11-15-31-19-22(20)16-21/h4-5,8,10-11,15-17,19,25,27H,6-7,9,12-14,18H2,1-3H3. The van der Waals surface area contributed by atoms with E-state index >= 15 is 0 Å². The number of nitrogens with zero attached hydrogens (tertiary/aromatic N) is 2. The molecule has 5 atom stereocenters. The van der Waals surface area contributed by atoms with Crippen LogP contribution in [0.4, 0.5) is 0 Å². The SMILES string of the molecule is CN(C)C1CCC2=CC3=CCC4(C)C(c5ccc6ccncc6c5)=CCC4C34CCC2(C1)O4. The first-order chi connectivity index (χ1) is 15.9. The molecule has 5 aliphatic rings. The predicted octanol–water partition coefficient (Wildman–Crippen LogP) is 6.32. The van der Waals surface area contributed by atoms with E-state index in [2.05, 4.69) is 73.4 Å². The summed E-state index contributed by atoms with van der Waals surface area (Å²) >= 11 is 0. The summed E-state index contributed by atoms with van der Waals surface area (Å²) in [4.78, 5) is 6.78. The van der Waals surface area contributed by atoms with Crippen molar-refractivity contribution in [3.05, 3.63) is 71.6 Å². The van der Waals surface area contributed by atoms with E-state index in [4.69, 9.17) is 4.74 Å². The summed E-state index contributed by atoms with van der Waals surface area (Å²) < 4.78 is 7.39. The molecule has 0 N–H and O–H groups in total. The number of rotatable bonds is 2. The Bertz CT molecular complexity index is 1250. The van der Waals surface area contributed by atoms with Crippen molar-refractivity contribution < 1.29 is 4.74 Å². The summed E-state index contributed by atoms with van der Waals surface area (Å²) in [6.07, 6.45) is 19.7. The molecule has 1 aromatic carbocycles. The van der Waals surface area contributed by atoms with E-state index in [-0.39, 0.29) is 16.6 Å². The molecular weight excluding hydrogens is 404 g/mol. The second kappa shape index (κ2) is 6.67. The molecule has 0 amide bonds. The summed E-state index contributed by atoms with van der Waals surface area (Å²) in [5.41, 5.74) is 5.93. The largest absolute Gasteiger partial charge is 0.359 e. The van der Waals surface area contributed by atoms with E-state index in [1.165, 1.54) is 53.2 Å². The lowest BCUT2D eigenvalue weighted by Gasteiger charge is -2.54. The summed E-state index contributed by atoms with van der Waals surface area (Å²) in [6, 6.07) is 9.65. The number of fused-ring (bicyclic) bond motifs is 2. The first kappa shape index (κ1) is 20.2. The third-order valence-corrected chi connectivity index (χ3v) is 9.93. The first-order valence-corrected chi connectivity index (χ1v) is 12.8. The zero-order valence-electron chi connectivity index (χ0n) is 20.1. The molecule has 2 bridgehead atoms. The molecule has 2 aromatic rings. The van der Waals surface area contributed by atoms with Crippen LogP contribution in [0.2, 0.25) is 0 Å². The van der Waals surface area contributed by atoms with Crippen LogP contribution in [0, 0.1) is 11.3 Å². The average molecular weight is 439 g/mol. The summed E-state index contributed by atoms with van der Waals surface area (Å²) in [6.45, 7) is 2.50. The van der Waals surface area contributed by atoms with Crippen LogP contribution in [0.1, 0.15) is 57.4 Å². The van der Waals surface area contributed by atoms with Crippen molar-refractivity contribution in [1.29, 1.82) is 0 Å². The Morgan fingerprint density at radius 3 is 2.88 bits per heavy atom. The van der Waals surface area contributed by atoms with Gasteiger partial charge in [0.1, 0.15) is 0 Å². The number of hydrogen-bond donors (Lipinski definition) is 0. The van der Waals surface area contributed by atoms with Gasteiger partial charge in [0.05, 0.1) is 11.2 Å². The molecule has 2 aliphatic heterocycles. The van der Waals surface area contributed by atoms with E-state index in [1.807, 2.05) is 12.4 Å². The fourth-order valence-corrected chi connectivity index (χ4v) is 8.10. The Hall–Kier alpha value is -2.23. The number of benzene rings is 1. The third-order valence-electron chi connectivity index (χ3n) is 9.93. The molecule has 3 heteroatoms. The van der Waals surface area contributed by atoms with Crippen LogP contribution in [0.3, 0.4) is 0 Å². The maximum absolute atomic E-state index is 7.39. The highest BCUT2D eigenvalue weighted by atomic mass is 16.5. The van der Waals surface area contributed by atoms with Crippen LogP contribution >= 0.6 is 0 Å². The van der Waals surface area contributed by atoms with Gasteiger partial charge in [-0.25, -0.2) is 0 Å². The number of allylic oxidation sites excluding steroid dienone is 3. The van der Waals surface area contributed by atoms with Crippen LogP contribution in [0.5, 0.6) is 0 Å². The van der Waals surface area contributed by atoms with Crippen LogP contribution in [0.25, 0.3) is 16.3 Å². The lowest BCUT2D eigenvalue weighted by molar-refractivity contribution is -0.134. The van der Waals surface area contributed by atoms with Crippen molar-refractivity contribution in [2.75, 3.05) is 14.1 Å². The first-order valence-electron chi connectivity index (χ1n) is 12.8. The Balaban J connectivity index is 1.28. The van der Waals surface area contributed by atoms with Crippen molar-refractivity contribution in [1.82, 2.24) is 9.88 Å². The molecule has 1 saturated heterocycles. The van der Waals surface area contributed by atoms with Gasteiger partial charge in [-0.1, -0.05) is 37.3 Å². The van der Waals surface area contributed by atoms with Crippen molar-refractivity contribution >= 4 is 16.3 Å². The fraction of sp³-hybridized carbons (Fsp3) is 0.500. The minimum Gasteiger partial charge on any atom is -0.359 e. The van der Waals surface area contributed by atoms with E-state index in [1.54, 1.807) is 5.57 Å². The molecule has 170 valence electrons. The topological polar surface area (TPSA) is 25.4 Å². The van der Waals surface area contributed by atoms with Gasteiger partial charge in [0, 0.05) is 35.2 Å². The Kier molecular flexibility index (Phi) is 4.08. The number of hydrogen-bond acceptors (Lipinski definition) is 3. The van der Waals surface area contributed by atoms with Gasteiger partial charge in [0.2, 0.25) is 0 Å². The van der Waals surface area contributed by atoms with Crippen LogP contribution < -0.4 is 0 Å². The minimum absolute atomic E-state index is 0.0276. The minimum atomic E-state index is -0.110. The van der Waals surface area contributed by atoms with Gasteiger partial charge in [-0.2, -0.15) is 0 Å². The molecule has 2 fully saturated rings. The zero-order chi connectivity index (χ0) is 22.4. The molecule has 1 saturated carbocycles. The van der Waals surface area contributed by atoms with Gasteiger partial charge in [-0.05, 0) is 98.8 Å². The highest BCUT2D eigenvalue weighted by Gasteiger charge is 2.65. The predicted molar refractivity (Wildman–Crippen MR) is 134 cm³/mol. The van der Waals surface area contributed by atoms with Crippen LogP contribution in [-0.2, 0) is 4.74 Å². The number of pyridine rings is 1. The molecule has 2 spiro atoms. The summed E-state index contributed by atoms with van der Waals surface area (Å²) in [5, 5.41) is 2.49. The second-order valence-electron chi connectivity index (χ2n) is 11.6. The maximum Gasteiger partial charge on any atom is 0.0980 e. The molecule has 3 aliphatic carbocycles. The van der Waals surface area contributed by atoms with E-state index in [9.17, 15) is 0 Å². The average Bonchev–Trinajstić information content (AvgIpc) is 3.33. The molecule has 33 heavy (non-hydrogen) atoms. The maximum atomic E-state index is 7.39. The molecule has 7 rings (SSSR count). The molecule has 3 heterocycles. The lowest BCUT2D eigenvalue weighted by Crippen LogP contribution is -2.54. The lowest BCUT2D eigenvalue weighted by atomic mass is 9.58. The Morgan fingerprint density at radius 1 is 1.09 bits per heavy atom. The van der Waals surface area contributed by atoms with Gasteiger partial charge in [0.15, 0.2) is 0 Å². The summed E-state index contributed by atoms with van der Waals surface area (Å²) in [7, 11) is 4.47. The van der Waals surface area contributed by atoms with Gasteiger partial charge in [-0.3, -0.25) is 4.98 Å². The van der Waals surface area contributed by atoms with Crippen LogP contribution in [0.15, 0.2) is 66.0 Å².